The van der Waals surface area contributed by atoms with Crippen LogP contribution in [-0.4, -0.2) is 80.2 Å². The van der Waals surface area contributed by atoms with Gasteiger partial charge in [-0.2, -0.15) is 8.42 Å². The van der Waals surface area contributed by atoms with Crippen molar-refractivity contribution in [3.8, 4) is 0 Å². The molecule has 5 atom stereocenters. The number of ether oxygens (including phenoxy) is 2. The summed E-state index contributed by atoms with van der Waals surface area (Å²) >= 11 is 3.15. The lowest BCUT2D eigenvalue weighted by Gasteiger charge is -2.30. The summed E-state index contributed by atoms with van der Waals surface area (Å²) < 4.78 is 41.9. The molecule has 14 heteroatoms. The van der Waals surface area contributed by atoms with E-state index in [1.54, 1.807) is 32.9 Å². The standard InChI is InChI=1S/C30H42BrN3O9S/c1-7-9-10-11-12-13-22(32-28(38)42-29(3,4)5)26(36)34-18-20(43-44(39,40)24-15-14-21(24)31)16-23(34)25(35)33-30(27(37)41-6)17-19(30)8-2/h7-8,14-15,19-20,22-23H,1-2,9-13,16-18H2,3-6H3,(H,32,38)(H,33,35)/t19-,20+,22+,23+,30-/m1/s1. The number of methoxy groups -OCH3 is 1. The SMILES string of the molecule is C=CCCCCC[C@H](NC(=O)OC(C)(C)C)C(=O)N1C[C@@H](OS(=O)(=O)C2=CC=C2Br)C[C@H]1C(=O)N[C@]1(C(=O)OC)C[C@H]1C=C. The van der Waals surface area contributed by atoms with E-state index in [9.17, 15) is 27.6 Å². The summed E-state index contributed by atoms with van der Waals surface area (Å²) in [6.45, 7) is 12.3. The first-order chi connectivity index (χ1) is 20.6. The third-order valence-electron chi connectivity index (χ3n) is 7.58. The first-order valence-electron chi connectivity index (χ1n) is 14.5. The number of carbonyl (C=O) groups is 4. The van der Waals surface area contributed by atoms with Gasteiger partial charge in [0, 0.05) is 23.4 Å². The van der Waals surface area contributed by atoms with E-state index in [0.717, 1.165) is 19.3 Å². The van der Waals surface area contributed by atoms with Gasteiger partial charge in [-0.1, -0.05) is 25.0 Å². The van der Waals surface area contributed by atoms with E-state index < -0.39 is 63.3 Å². The molecule has 0 aromatic heterocycles. The Labute approximate surface area is 267 Å². The van der Waals surface area contributed by atoms with Crippen LogP contribution in [-0.2, 0) is 38.2 Å². The molecule has 0 aromatic carbocycles. The summed E-state index contributed by atoms with van der Waals surface area (Å²) in [4.78, 5) is 54.3. The molecule has 3 amide bonds. The van der Waals surface area contributed by atoms with Crippen molar-refractivity contribution in [3.63, 3.8) is 0 Å². The number of allylic oxidation sites excluding steroid dienone is 4. The Morgan fingerprint density at radius 1 is 1.18 bits per heavy atom. The molecule has 1 saturated heterocycles. The number of nitrogens with one attached hydrogen (secondary N) is 2. The molecule has 0 aromatic rings. The van der Waals surface area contributed by atoms with E-state index in [-0.39, 0.29) is 36.6 Å². The van der Waals surface area contributed by atoms with Gasteiger partial charge in [0.2, 0.25) is 11.8 Å². The predicted octanol–water partition coefficient (Wildman–Crippen LogP) is 3.74. The number of esters is 1. The van der Waals surface area contributed by atoms with Gasteiger partial charge in [0.25, 0.3) is 10.1 Å². The second-order valence-corrected chi connectivity index (χ2v) is 14.5. The van der Waals surface area contributed by atoms with Crippen LogP contribution in [0.25, 0.3) is 0 Å². The molecule has 3 rings (SSSR count). The van der Waals surface area contributed by atoms with Crippen LogP contribution in [0.1, 0.15) is 65.7 Å². The lowest BCUT2D eigenvalue weighted by Crippen LogP contribution is -2.56. The van der Waals surface area contributed by atoms with E-state index in [4.69, 9.17) is 13.7 Å². The van der Waals surface area contributed by atoms with Crippen LogP contribution in [0.4, 0.5) is 4.79 Å². The van der Waals surface area contributed by atoms with E-state index in [0.29, 0.717) is 10.9 Å². The zero-order valence-electron chi connectivity index (χ0n) is 25.6. The minimum Gasteiger partial charge on any atom is -0.467 e. The maximum absolute atomic E-state index is 14.1. The van der Waals surface area contributed by atoms with Crippen LogP contribution in [0.15, 0.2) is 46.8 Å². The van der Waals surface area contributed by atoms with E-state index >= 15 is 0 Å². The Balaban J connectivity index is 1.87. The molecule has 3 aliphatic rings. The topological polar surface area (TPSA) is 157 Å². The molecule has 2 fully saturated rings. The molecule has 2 aliphatic carbocycles. The van der Waals surface area contributed by atoms with Crippen LogP contribution in [0, 0.1) is 5.92 Å². The Morgan fingerprint density at radius 2 is 1.89 bits per heavy atom. The fourth-order valence-corrected chi connectivity index (χ4v) is 7.22. The van der Waals surface area contributed by atoms with E-state index in [1.807, 2.05) is 0 Å². The van der Waals surface area contributed by atoms with Gasteiger partial charge in [0.1, 0.15) is 28.1 Å². The number of rotatable bonds is 15. The number of alkyl carbamates (subject to hydrolysis) is 1. The summed E-state index contributed by atoms with van der Waals surface area (Å²) in [6.07, 6.45) is 7.74. The lowest BCUT2D eigenvalue weighted by molar-refractivity contribution is -0.148. The van der Waals surface area contributed by atoms with E-state index in [2.05, 4.69) is 39.7 Å². The molecule has 0 spiro atoms. The average molecular weight is 701 g/mol. The fourth-order valence-electron chi connectivity index (χ4n) is 5.22. The van der Waals surface area contributed by atoms with Crippen molar-refractivity contribution in [1.29, 1.82) is 0 Å². The minimum absolute atomic E-state index is 0.0521. The lowest BCUT2D eigenvalue weighted by atomic mass is 10.0. The molecule has 1 saturated carbocycles. The molecule has 0 bridgehead atoms. The first kappa shape index (κ1) is 35.5. The van der Waals surface area contributed by atoms with Crippen molar-refractivity contribution < 1.29 is 41.3 Å². The highest BCUT2D eigenvalue weighted by Gasteiger charge is 2.62. The third-order valence-corrected chi connectivity index (χ3v) is 9.96. The van der Waals surface area contributed by atoms with Crippen molar-refractivity contribution in [2.75, 3.05) is 13.7 Å². The van der Waals surface area contributed by atoms with Crippen molar-refractivity contribution >= 4 is 49.9 Å². The second-order valence-electron chi connectivity index (χ2n) is 12.1. The third kappa shape index (κ3) is 8.60. The van der Waals surface area contributed by atoms with Crippen molar-refractivity contribution in [2.45, 2.75) is 95.0 Å². The number of likely N-dealkylation sites (tertiary alicyclic amines) is 1. The van der Waals surface area contributed by atoms with Crippen LogP contribution in [0.2, 0.25) is 0 Å². The second kappa shape index (κ2) is 14.4. The van der Waals surface area contributed by atoms with Gasteiger partial charge in [0.05, 0.1) is 13.2 Å². The van der Waals surface area contributed by atoms with Crippen molar-refractivity contribution in [1.82, 2.24) is 15.5 Å². The summed E-state index contributed by atoms with van der Waals surface area (Å²) in [5, 5.41) is 5.36. The zero-order valence-corrected chi connectivity index (χ0v) is 28.0. The Morgan fingerprint density at radius 3 is 2.41 bits per heavy atom. The number of carbonyl (C=O) groups excluding carboxylic acids is 4. The number of halogens is 1. The number of hydrogen-bond donors (Lipinski definition) is 2. The molecule has 1 heterocycles. The molecule has 0 unspecified atom stereocenters. The molecular formula is C30H42BrN3O9S. The molecular weight excluding hydrogens is 658 g/mol. The van der Waals surface area contributed by atoms with Gasteiger partial charge in [0.15, 0.2) is 0 Å². The average Bonchev–Trinajstić information content (AvgIpc) is 3.48. The van der Waals surface area contributed by atoms with Crippen LogP contribution >= 0.6 is 15.9 Å². The van der Waals surface area contributed by atoms with Gasteiger partial charge >= 0.3 is 12.1 Å². The molecule has 0 radical (unpaired) electrons. The summed E-state index contributed by atoms with van der Waals surface area (Å²) in [5.74, 6) is -2.30. The molecule has 12 nitrogen and oxygen atoms in total. The van der Waals surface area contributed by atoms with Gasteiger partial charge in [-0.15, -0.1) is 13.2 Å². The number of nitrogens with zero attached hydrogens (tertiary/aromatic N) is 1. The van der Waals surface area contributed by atoms with Crippen LogP contribution < -0.4 is 10.6 Å². The van der Waals surface area contributed by atoms with E-state index in [1.165, 1.54) is 24.2 Å². The summed E-state index contributed by atoms with van der Waals surface area (Å²) in [7, 11) is -2.99. The predicted molar refractivity (Wildman–Crippen MR) is 167 cm³/mol. The maximum atomic E-state index is 14.1. The normalized spacial score (nSPS) is 25.0. The van der Waals surface area contributed by atoms with Gasteiger partial charge < -0.3 is 25.0 Å². The highest BCUT2D eigenvalue weighted by Crippen LogP contribution is 2.45. The highest BCUT2D eigenvalue weighted by molar-refractivity contribution is 9.12. The monoisotopic (exact) mass is 699 g/mol. The Kier molecular flexibility index (Phi) is 11.6. The minimum atomic E-state index is -4.20. The highest BCUT2D eigenvalue weighted by atomic mass is 79.9. The Bertz CT molecular complexity index is 1340. The number of amides is 3. The smallest absolute Gasteiger partial charge is 0.408 e. The molecule has 1 aliphatic heterocycles. The fraction of sp³-hybridized carbons (Fsp3) is 0.600. The number of hydrogen-bond acceptors (Lipinski definition) is 9. The number of unbranched alkanes of at least 4 members (excludes halogenated alkanes) is 3. The van der Waals surface area contributed by atoms with Crippen molar-refractivity contribution in [3.05, 3.63) is 46.8 Å². The van der Waals surface area contributed by atoms with Gasteiger partial charge in [-0.3, -0.25) is 13.8 Å². The van der Waals surface area contributed by atoms with Gasteiger partial charge in [-0.25, -0.2) is 9.59 Å². The quantitative estimate of drug-likeness (QED) is 0.112. The molecule has 244 valence electrons. The van der Waals surface area contributed by atoms with Crippen LogP contribution in [0.3, 0.4) is 0 Å². The largest absolute Gasteiger partial charge is 0.467 e. The molecule has 44 heavy (non-hydrogen) atoms. The maximum Gasteiger partial charge on any atom is 0.408 e. The van der Waals surface area contributed by atoms with Crippen molar-refractivity contribution in [2.24, 2.45) is 5.92 Å². The molecule has 2 N–H and O–H groups in total. The summed E-state index contributed by atoms with van der Waals surface area (Å²) in [6, 6.07) is -2.27. The zero-order chi connectivity index (χ0) is 32.9. The Hall–Kier alpha value is -2.97. The van der Waals surface area contributed by atoms with Gasteiger partial charge in [-0.05, 0) is 74.5 Å². The first-order valence-corrected chi connectivity index (χ1v) is 16.7. The summed E-state index contributed by atoms with van der Waals surface area (Å²) in [5.41, 5.74) is -2.16. The van der Waals surface area contributed by atoms with Crippen LogP contribution in [0.5, 0.6) is 0 Å².